The molecule has 0 aliphatic rings. The van der Waals surface area contributed by atoms with Crippen LogP contribution in [-0.4, -0.2) is 17.2 Å². The molecule has 0 bridgehead atoms. The van der Waals surface area contributed by atoms with E-state index in [9.17, 15) is 5.11 Å². The quantitative estimate of drug-likeness (QED) is 0.819. The van der Waals surface area contributed by atoms with Gasteiger partial charge < -0.3 is 9.84 Å². The number of aromatic hydroxyl groups is 1. The number of ether oxygens (including phenoxy) is 1. The fourth-order valence-electron chi connectivity index (χ4n) is 1.89. The van der Waals surface area contributed by atoms with Gasteiger partial charge in [-0.2, -0.15) is 0 Å². The van der Waals surface area contributed by atoms with Gasteiger partial charge in [0.2, 0.25) is 0 Å². The molecule has 0 saturated heterocycles. The molecule has 1 heterocycles. The molecule has 0 unspecified atom stereocenters. The summed E-state index contributed by atoms with van der Waals surface area (Å²) in [5, 5.41) is 10.9. The second-order valence-electron chi connectivity index (χ2n) is 5.13. The lowest BCUT2D eigenvalue weighted by atomic mass is 9.90. The summed E-state index contributed by atoms with van der Waals surface area (Å²) in [4.78, 5) is 4.52. The number of hydrogen-bond acceptors (Lipinski definition) is 3. The zero-order chi connectivity index (χ0) is 12.6. The van der Waals surface area contributed by atoms with Gasteiger partial charge in [-0.25, -0.2) is 4.98 Å². The second-order valence-corrected chi connectivity index (χ2v) is 5.13. The number of fused-ring (bicyclic) bond motifs is 1. The lowest BCUT2D eigenvalue weighted by Gasteiger charge is -2.19. The Kier molecular flexibility index (Phi) is 2.69. The van der Waals surface area contributed by atoms with Crippen LogP contribution in [-0.2, 0) is 5.41 Å². The molecular weight excluding hydrogens is 214 g/mol. The number of methoxy groups -OCH3 is 1. The van der Waals surface area contributed by atoms with Crippen molar-refractivity contribution >= 4 is 10.9 Å². The first-order valence-electron chi connectivity index (χ1n) is 5.60. The molecule has 3 nitrogen and oxygen atoms in total. The Bertz CT molecular complexity index is 556. The highest BCUT2D eigenvalue weighted by Gasteiger charge is 2.21. The van der Waals surface area contributed by atoms with Gasteiger partial charge in [0, 0.05) is 10.8 Å². The molecule has 0 spiro atoms. The molecular formula is C14H17NO2. The van der Waals surface area contributed by atoms with E-state index in [1.807, 2.05) is 39.0 Å². The van der Waals surface area contributed by atoms with Gasteiger partial charge in [-0.1, -0.05) is 26.8 Å². The zero-order valence-electron chi connectivity index (χ0n) is 10.6. The fraction of sp³-hybridized carbons (Fsp3) is 0.357. The van der Waals surface area contributed by atoms with E-state index in [-0.39, 0.29) is 11.2 Å². The molecule has 1 N–H and O–H groups in total. The number of pyridine rings is 1. The normalized spacial score (nSPS) is 11.8. The molecule has 0 atom stereocenters. The van der Waals surface area contributed by atoms with E-state index in [0.717, 1.165) is 16.7 Å². The summed E-state index contributed by atoms with van der Waals surface area (Å²) in [5.74, 6) is 0.945. The summed E-state index contributed by atoms with van der Waals surface area (Å²) in [6.45, 7) is 6.09. The first-order valence-corrected chi connectivity index (χ1v) is 5.60. The van der Waals surface area contributed by atoms with Crippen LogP contribution >= 0.6 is 0 Å². The van der Waals surface area contributed by atoms with Crippen molar-refractivity contribution in [3.05, 3.63) is 30.0 Å². The van der Waals surface area contributed by atoms with Crippen LogP contribution in [0.3, 0.4) is 0 Å². The van der Waals surface area contributed by atoms with Gasteiger partial charge >= 0.3 is 0 Å². The number of nitrogens with zero attached hydrogens (tertiary/aromatic N) is 1. The molecule has 0 saturated carbocycles. The lowest BCUT2D eigenvalue weighted by molar-refractivity contribution is 0.418. The number of hydrogen-bond donors (Lipinski definition) is 1. The zero-order valence-corrected chi connectivity index (χ0v) is 10.6. The monoisotopic (exact) mass is 231 g/mol. The Morgan fingerprint density at radius 1 is 1.24 bits per heavy atom. The van der Waals surface area contributed by atoms with Crippen LogP contribution in [0.4, 0.5) is 0 Å². The maximum atomic E-state index is 10.0. The Balaban J connectivity index is 2.75. The van der Waals surface area contributed by atoms with Crippen molar-refractivity contribution in [2.45, 2.75) is 26.2 Å². The molecule has 3 heteroatoms. The number of benzene rings is 1. The highest BCUT2D eigenvalue weighted by Crippen LogP contribution is 2.34. The maximum Gasteiger partial charge on any atom is 0.138 e. The van der Waals surface area contributed by atoms with Crippen LogP contribution in [0.5, 0.6) is 11.5 Å². The standard InChI is InChI=1S/C14H17NO2/c1-14(2,3)13-11(16)8-9-10(15-13)6-5-7-12(9)17-4/h5-8,16H,1-4H3. The van der Waals surface area contributed by atoms with Crippen LogP contribution in [0.15, 0.2) is 24.3 Å². The van der Waals surface area contributed by atoms with Crippen molar-refractivity contribution in [1.82, 2.24) is 4.98 Å². The van der Waals surface area contributed by atoms with Gasteiger partial charge in [-0.3, -0.25) is 0 Å². The van der Waals surface area contributed by atoms with Crippen molar-refractivity contribution in [1.29, 1.82) is 0 Å². The van der Waals surface area contributed by atoms with E-state index in [2.05, 4.69) is 4.98 Å². The summed E-state index contributed by atoms with van der Waals surface area (Å²) >= 11 is 0. The molecule has 90 valence electrons. The summed E-state index contributed by atoms with van der Waals surface area (Å²) in [5.41, 5.74) is 1.37. The van der Waals surface area contributed by atoms with Crippen molar-refractivity contribution in [3.63, 3.8) is 0 Å². The molecule has 0 radical (unpaired) electrons. The highest BCUT2D eigenvalue weighted by molar-refractivity contribution is 5.86. The van der Waals surface area contributed by atoms with Gasteiger partial charge in [0.1, 0.15) is 11.5 Å². The van der Waals surface area contributed by atoms with E-state index in [1.165, 1.54) is 0 Å². The van der Waals surface area contributed by atoms with Gasteiger partial charge in [-0.05, 0) is 18.2 Å². The lowest BCUT2D eigenvalue weighted by Crippen LogP contribution is -2.13. The van der Waals surface area contributed by atoms with Crippen LogP contribution in [0.25, 0.3) is 10.9 Å². The maximum absolute atomic E-state index is 10.0. The Labute approximate surface area is 101 Å². The average Bonchev–Trinajstić information content (AvgIpc) is 2.26. The topological polar surface area (TPSA) is 42.4 Å². The van der Waals surface area contributed by atoms with Gasteiger partial charge in [-0.15, -0.1) is 0 Å². The van der Waals surface area contributed by atoms with Gasteiger partial charge in [0.25, 0.3) is 0 Å². The fourth-order valence-corrected chi connectivity index (χ4v) is 1.89. The third kappa shape index (κ3) is 2.05. The van der Waals surface area contributed by atoms with Crippen molar-refractivity contribution in [3.8, 4) is 11.5 Å². The van der Waals surface area contributed by atoms with Gasteiger partial charge in [0.05, 0.1) is 18.3 Å². The number of rotatable bonds is 1. The molecule has 17 heavy (non-hydrogen) atoms. The van der Waals surface area contributed by atoms with Crippen molar-refractivity contribution < 1.29 is 9.84 Å². The molecule has 1 aromatic heterocycles. The molecule has 2 rings (SSSR count). The van der Waals surface area contributed by atoms with Crippen molar-refractivity contribution in [2.24, 2.45) is 0 Å². The molecule has 0 amide bonds. The van der Waals surface area contributed by atoms with E-state index >= 15 is 0 Å². The predicted molar refractivity (Wildman–Crippen MR) is 68.7 cm³/mol. The second kappa shape index (κ2) is 3.91. The SMILES string of the molecule is COc1cccc2nc(C(C)(C)C)c(O)cc12. The van der Waals surface area contributed by atoms with Crippen molar-refractivity contribution in [2.75, 3.05) is 7.11 Å². The third-order valence-electron chi connectivity index (χ3n) is 2.73. The van der Waals surface area contributed by atoms with Crippen LogP contribution in [0.1, 0.15) is 26.5 Å². The summed E-state index contributed by atoms with van der Waals surface area (Å²) in [6, 6.07) is 7.41. The molecule has 2 aromatic rings. The first-order chi connectivity index (χ1) is 7.93. The molecule has 1 aromatic carbocycles. The smallest absolute Gasteiger partial charge is 0.138 e. The van der Waals surface area contributed by atoms with E-state index in [0.29, 0.717) is 5.69 Å². The third-order valence-corrected chi connectivity index (χ3v) is 2.73. The molecule has 0 aliphatic heterocycles. The average molecular weight is 231 g/mol. The minimum absolute atomic E-state index is 0.179. The van der Waals surface area contributed by atoms with E-state index < -0.39 is 0 Å². The minimum Gasteiger partial charge on any atom is -0.506 e. The first kappa shape index (κ1) is 11.7. The van der Waals surface area contributed by atoms with Gasteiger partial charge in [0.15, 0.2) is 0 Å². The van der Waals surface area contributed by atoms with Crippen LogP contribution < -0.4 is 4.74 Å². The number of aromatic nitrogens is 1. The molecule has 0 fully saturated rings. The summed E-state index contributed by atoms with van der Waals surface area (Å²) < 4.78 is 5.26. The van der Waals surface area contributed by atoms with Crippen LogP contribution in [0.2, 0.25) is 0 Å². The Hall–Kier alpha value is -1.77. The Morgan fingerprint density at radius 2 is 1.94 bits per heavy atom. The highest BCUT2D eigenvalue weighted by atomic mass is 16.5. The predicted octanol–water partition coefficient (Wildman–Crippen LogP) is 3.25. The minimum atomic E-state index is -0.179. The van der Waals surface area contributed by atoms with E-state index in [4.69, 9.17) is 4.74 Å². The molecule has 0 aliphatic carbocycles. The van der Waals surface area contributed by atoms with E-state index in [1.54, 1.807) is 13.2 Å². The summed E-state index contributed by atoms with van der Waals surface area (Å²) in [7, 11) is 1.61. The largest absolute Gasteiger partial charge is 0.506 e. The van der Waals surface area contributed by atoms with Crippen LogP contribution in [0, 0.1) is 0 Å². The Morgan fingerprint density at radius 3 is 2.53 bits per heavy atom. The summed E-state index contributed by atoms with van der Waals surface area (Å²) in [6.07, 6.45) is 0.